The van der Waals surface area contributed by atoms with E-state index in [0.29, 0.717) is 0 Å². The number of aryl methyl sites for hydroxylation is 1. The van der Waals surface area contributed by atoms with Gasteiger partial charge in [0.05, 0.1) is 6.20 Å². The average Bonchev–Trinajstić information content (AvgIpc) is 2.51. The van der Waals surface area contributed by atoms with Crippen molar-refractivity contribution in [1.82, 2.24) is 10.2 Å². The van der Waals surface area contributed by atoms with Crippen molar-refractivity contribution in [3.05, 3.63) is 17.1 Å². The van der Waals surface area contributed by atoms with Crippen LogP contribution in [0, 0.1) is 6.92 Å². The Bertz CT molecular complexity index is 293. The highest BCUT2D eigenvalue weighted by molar-refractivity contribution is 7.18. The van der Waals surface area contributed by atoms with Gasteiger partial charge >= 0.3 is 0 Å². The molecule has 0 unspecified atom stereocenters. The van der Waals surface area contributed by atoms with Crippen LogP contribution in [0.1, 0.15) is 18.7 Å². The summed E-state index contributed by atoms with van der Waals surface area (Å²) in [4.78, 5) is 2.51. The molecule has 0 saturated heterocycles. The van der Waals surface area contributed by atoms with Crippen LogP contribution in [0.4, 0.5) is 0 Å². The minimum Gasteiger partial charge on any atom is -0.268 e. The van der Waals surface area contributed by atoms with Crippen LogP contribution in [0.25, 0.3) is 10.2 Å². The van der Waals surface area contributed by atoms with Gasteiger partial charge in [0.2, 0.25) is 0 Å². The zero-order valence-electron chi connectivity index (χ0n) is 7.01. The summed E-state index contributed by atoms with van der Waals surface area (Å²) in [7, 11) is 0. The quantitative estimate of drug-likeness (QED) is 0.643. The zero-order chi connectivity index (χ0) is 8.27. The SMILES string of the molecule is CC.Cc1cc2cn[nH]c2s1. The summed E-state index contributed by atoms with van der Waals surface area (Å²) < 4.78 is 0. The normalized spacial score (nSPS) is 9.36. The van der Waals surface area contributed by atoms with Crippen molar-refractivity contribution in [2.75, 3.05) is 0 Å². The Hall–Kier alpha value is -0.830. The molecule has 0 atom stereocenters. The van der Waals surface area contributed by atoms with Gasteiger partial charge in [0, 0.05) is 10.3 Å². The number of H-pyrrole nitrogens is 1. The van der Waals surface area contributed by atoms with Gasteiger partial charge in [-0.05, 0) is 13.0 Å². The van der Waals surface area contributed by atoms with E-state index in [-0.39, 0.29) is 0 Å². The van der Waals surface area contributed by atoms with Crippen LogP contribution < -0.4 is 0 Å². The fourth-order valence-corrected chi connectivity index (χ4v) is 1.71. The molecule has 0 aliphatic carbocycles. The molecule has 2 heterocycles. The van der Waals surface area contributed by atoms with Crippen molar-refractivity contribution in [2.45, 2.75) is 20.8 Å². The number of aromatic nitrogens is 2. The standard InChI is InChI=1S/C6H6N2S.C2H6/c1-4-2-5-3-7-8-6(5)9-4;1-2/h2-3H,1H3,(H,7,8);1-2H3. The number of thiophene rings is 1. The molecule has 0 amide bonds. The van der Waals surface area contributed by atoms with Gasteiger partial charge in [-0.2, -0.15) is 5.10 Å². The molecule has 0 radical (unpaired) electrons. The van der Waals surface area contributed by atoms with Crippen molar-refractivity contribution in [3.63, 3.8) is 0 Å². The summed E-state index contributed by atoms with van der Waals surface area (Å²) in [6.45, 7) is 6.10. The lowest BCUT2D eigenvalue weighted by atomic mass is 10.4. The lowest BCUT2D eigenvalue weighted by molar-refractivity contribution is 1.12. The molecule has 0 aromatic carbocycles. The highest BCUT2D eigenvalue weighted by Gasteiger charge is 1.96. The fraction of sp³-hybridized carbons (Fsp3) is 0.375. The molecule has 60 valence electrons. The number of rotatable bonds is 0. The summed E-state index contributed by atoms with van der Waals surface area (Å²) >= 11 is 1.74. The van der Waals surface area contributed by atoms with Gasteiger partial charge in [-0.1, -0.05) is 13.8 Å². The van der Waals surface area contributed by atoms with Gasteiger partial charge < -0.3 is 0 Å². The largest absolute Gasteiger partial charge is 0.268 e. The first-order valence-electron chi connectivity index (χ1n) is 3.76. The van der Waals surface area contributed by atoms with Crippen molar-refractivity contribution < 1.29 is 0 Å². The minimum absolute atomic E-state index is 1.17. The Morgan fingerprint density at radius 3 is 2.82 bits per heavy atom. The van der Waals surface area contributed by atoms with E-state index in [9.17, 15) is 0 Å². The number of nitrogens with zero attached hydrogens (tertiary/aromatic N) is 1. The number of fused-ring (bicyclic) bond motifs is 1. The predicted octanol–water partition coefficient (Wildman–Crippen LogP) is 2.96. The van der Waals surface area contributed by atoms with Gasteiger partial charge in [0.25, 0.3) is 0 Å². The second kappa shape index (κ2) is 3.53. The number of hydrogen-bond donors (Lipinski definition) is 1. The van der Waals surface area contributed by atoms with E-state index in [1.165, 1.54) is 15.1 Å². The van der Waals surface area contributed by atoms with E-state index in [4.69, 9.17) is 0 Å². The molecule has 0 aliphatic rings. The summed E-state index contributed by atoms with van der Waals surface area (Å²) in [6.07, 6.45) is 1.85. The predicted molar refractivity (Wildman–Crippen MR) is 50.1 cm³/mol. The van der Waals surface area contributed by atoms with Gasteiger partial charge in [-0.3, -0.25) is 5.10 Å². The first kappa shape index (κ1) is 8.27. The molecule has 11 heavy (non-hydrogen) atoms. The van der Waals surface area contributed by atoms with Gasteiger partial charge in [0.1, 0.15) is 4.83 Å². The van der Waals surface area contributed by atoms with E-state index in [1.807, 2.05) is 20.0 Å². The third kappa shape index (κ3) is 1.60. The van der Waals surface area contributed by atoms with Crippen molar-refractivity contribution in [3.8, 4) is 0 Å². The third-order valence-corrected chi connectivity index (χ3v) is 2.22. The molecule has 3 heteroatoms. The van der Waals surface area contributed by atoms with Crippen LogP contribution >= 0.6 is 11.3 Å². The minimum atomic E-state index is 1.17. The lowest BCUT2D eigenvalue weighted by Gasteiger charge is -1.70. The Morgan fingerprint density at radius 2 is 2.18 bits per heavy atom. The highest BCUT2D eigenvalue weighted by atomic mass is 32.1. The number of nitrogens with one attached hydrogen (secondary N) is 1. The Balaban J connectivity index is 0.000000281. The van der Waals surface area contributed by atoms with Crippen LogP contribution in [0.3, 0.4) is 0 Å². The van der Waals surface area contributed by atoms with Crippen molar-refractivity contribution in [2.24, 2.45) is 0 Å². The molecule has 0 fully saturated rings. The molecule has 0 aliphatic heterocycles. The van der Waals surface area contributed by atoms with E-state index >= 15 is 0 Å². The number of hydrogen-bond acceptors (Lipinski definition) is 2. The maximum absolute atomic E-state index is 3.89. The van der Waals surface area contributed by atoms with Gasteiger partial charge in [0.15, 0.2) is 0 Å². The lowest BCUT2D eigenvalue weighted by Crippen LogP contribution is -1.58. The van der Waals surface area contributed by atoms with Crippen molar-refractivity contribution in [1.29, 1.82) is 0 Å². The smallest absolute Gasteiger partial charge is 0.118 e. The maximum atomic E-state index is 3.89. The van der Waals surface area contributed by atoms with Crippen LogP contribution in [0.5, 0.6) is 0 Å². The molecule has 2 aromatic heterocycles. The van der Waals surface area contributed by atoms with E-state index in [0.717, 1.165) is 0 Å². The zero-order valence-corrected chi connectivity index (χ0v) is 7.83. The van der Waals surface area contributed by atoms with Crippen LogP contribution in [0.15, 0.2) is 12.3 Å². The average molecular weight is 168 g/mol. The Labute approximate surface area is 70.3 Å². The molecule has 0 bridgehead atoms. The molecule has 2 aromatic rings. The van der Waals surface area contributed by atoms with Gasteiger partial charge in [-0.25, -0.2) is 0 Å². The second-order valence-electron chi connectivity index (χ2n) is 2.01. The molecule has 1 N–H and O–H groups in total. The van der Waals surface area contributed by atoms with E-state index in [1.54, 1.807) is 11.3 Å². The van der Waals surface area contributed by atoms with Crippen molar-refractivity contribution >= 4 is 21.6 Å². The van der Waals surface area contributed by atoms with Crippen LogP contribution in [0.2, 0.25) is 0 Å². The molecule has 2 rings (SSSR count). The Kier molecular flexibility index (Phi) is 2.65. The van der Waals surface area contributed by atoms with E-state index < -0.39 is 0 Å². The molecule has 2 nitrogen and oxygen atoms in total. The summed E-state index contributed by atoms with van der Waals surface area (Å²) in [5.41, 5.74) is 0. The number of aromatic amines is 1. The fourth-order valence-electron chi connectivity index (χ4n) is 0.878. The topological polar surface area (TPSA) is 28.7 Å². The first-order valence-corrected chi connectivity index (χ1v) is 4.57. The second-order valence-corrected chi connectivity index (χ2v) is 3.27. The van der Waals surface area contributed by atoms with Crippen LogP contribution in [-0.2, 0) is 0 Å². The third-order valence-electron chi connectivity index (χ3n) is 1.25. The summed E-state index contributed by atoms with van der Waals surface area (Å²) in [6, 6.07) is 2.13. The maximum Gasteiger partial charge on any atom is 0.118 e. The summed E-state index contributed by atoms with van der Waals surface area (Å²) in [5, 5.41) is 8.02. The first-order chi connectivity index (χ1) is 5.36. The molecular weight excluding hydrogens is 156 g/mol. The van der Waals surface area contributed by atoms with Gasteiger partial charge in [-0.15, -0.1) is 11.3 Å². The van der Waals surface area contributed by atoms with E-state index in [2.05, 4.69) is 23.2 Å². The monoisotopic (exact) mass is 168 g/mol. The molecule has 0 saturated carbocycles. The Morgan fingerprint density at radius 1 is 1.45 bits per heavy atom. The highest BCUT2D eigenvalue weighted by Crippen LogP contribution is 2.21. The molecular formula is C8H12N2S. The molecule has 0 spiro atoms. The van der Waals surface area contributed by atoms with Crippen LogP contribution in [-0.4, -0.2) is 10.2 Å². The summed E-state index contributed by atoms with van der Waals surface area (Å²) in [5.74, 6) is 0.